The predicted molar refractivity (Wildman–Crippen MR) is 49.4 cm³/mol. The Bertz CT molecular complexity index is 266. The van der Waals surface area contributed by atoms with Gasteiger partial charge in [-0.05, 0) is 19.1 Å². The van der Waals surface area contributed by atoms with Crippen molar-refractivity contribution < 1.29 is 9.53 Å². The van der Waals surface area contributed by atoms with Gasteiger partial charge >= 0.3 is 5.97 Å². The summed E-state index contributed by atoms with van der Waals surface area (Å²) in [6, 6.07) is 3.58. The van der Waals surface area contributed by atoms with Gasteiger partial charge in [0.1, 0.15) is 5.03 Å². The summed E-state index contributed by atoms with van der Waals surface area (Å²) in [5, 5.41) is 8.23. The summed E-state index contributed by atoms with van der Waals surface area (Å²) in [5.74, 6) is 0.0603. The number of hydrogen-bond donors (Lipinski definition) is 0. The average molecular weight is 198 g/mol. The minimum Gasteiger partial charge on any atom is -0.465 e. The summed E-state index contributed by atoms with van der Waals surface area (Å²) in [5.41, 5.74) is 0. The Balaban J connectivity index is 2.31. The standard InChI is InChI=1S/C8H10N2O2S/c1-2-12-8(11)6-13-7-4-3-5-9-10-7/h3-5H,2,6H2,1H3. The highest BCUT2D eigenvalue weighted by Gasteiger charge is 2.03. The molecule has 0 aliphatic heterocycles. The molecule has 0 N–H and O–H groups in total. The van der Waals surface area contributed by atoms with Crippen LogP contribution in [0, 0.1) is 0 Å². The van der Waals surface area contributed by atoms with Crippen LogP contribution < -0.4 is 0 Å². The zero-order chi connectivity index (χ0) is 9.52. The van der Waals surface area contributed by atoms with Crippen LogP contribution in [0.25, 0.3) is 0 Å². The summed E-state index contributed by atoms with van der Waals surface area (Å²) in [7, 11) is 0. The molecular formula is C8H10N2O2S. The third-order valence-electron chi connectivity index (χ3n) is 1.19. The number of aromatic nitrogens is 2. The van der Waals surface area contributed by atoms with Crippen molar-refractivity contribution in [1.29, 1.82) is 0 Å². The van der Waals surface area contributed by atoms with Crippen molar-refractivity contribution in [2.24, 2.45) is 0 Å². The maximum Gasteiger partial charge on any atom is 0.316 e. The van der Waals surface area contributed by atoms with E-state index in [2.05, 4.69) is 10.2 Å². The number of carbonyl (C=O) groups excluding carboxylic acids is 1. The van der Waals surface area contributed by atoms with Gasteiger partial charge in [0, 0.05) is 6.20 Å². The van der Waals surface area contributed by atoms with Crippen LogP contribution in [0.15, 0.2) is 23.4 Å². The van der Waals surface area contributed by atoms with E-state index in [-0.39, 0.29) is 11.7 Å². The van der Waals surface area contributed by atoms with E-state index in [1.807, 2.05) is 0 Å². The van der Waals surface area contributed by atoms with Crippen LogP contribution in [0.3, 0.4) is 0 Å². The topological polar surface area (TPSA) is 52.1 Å². The highest BCUT2D eigenvalue weighted by molar-refractivity contribution is 7.99. The number of hydrogen-bond acceptors (Lipinski definition) is 5. The second kappa shape index (κ2) is 5.53. The lowest BCUT2D eigenvalue weighted by Gasteiger charge is -1.99. The molecule has 0 spiro atoms. The van der Waals surface area contributed by atoms with Crippen LogP contribution in [0.1, 0.15) is 6.92 Å². The summed E-state index contributed by atoms with van der Waals surface area (Å²) in [6.45, 7) is 2.20. The Labute approximate surface area is 80.7 Å². The maximum atomic E-state index is 10.9. The van der Waals surface area contributed by atoms with Crippen LogP contribution in [0.2, 0.25) is 0 Å². The molecule has 0 aliphatic rings. The molecule has 70 valence electrons. The minimum absolute atomic E-state index is 0.224. The van der Waals surface area contributed by atoms with E-state index in [4.69, 9.17) is 4.74 Å². The number of rotatable bonds is 4. The van der Waals surface area contributed by atoms with E-state index in [1.54, 1.807) is 25.3 Å². The number of carbonyl (C=O) groups is 1. The largest absolute Gasteiger partial charge is 0.465 e. The Morgan fingerprint density at radius 3 is 3.15 bits per heavy atom. The number of thioether (sulfide) groups is 1. The van der Waals surface area contributed by atoms with Crippen molar-refractivity contribution in [3.05, 3.63) is 18.3 Å². The molecule has 0 saturated heterocycles. The van der Waals surface area contributed by atoms with Gasteiger partial charge in [-0.3, -0.25) is 4.79 Å². The molecule has 0 atom stereocenters. The van der Waals surface area contributed by atoms with E-state index in [0.29, 0.717) is 6.61 Å². The van der Waals surface area contributed by atoms with Crippen molar-refractivity contribution >= 4 is 17.7 Å². The highest BCUT2D eigenvalue weighted by atomic mass is 32.2. The second-order valence-corrected chi connectivity index (χ2v) is 3.15. The van der Waals surface area contributed by atoms with Crippen LogP contribution in [0.4, 0.5) is 0 Å². The molecule has 1 aromatic rings. The summed E-state index contributed by atoms with van der Waals surface area (Å²) in [6.07, 6.45) is 1.59. The van der Waals surface area contributed by atoms with Crippen LogP contribution in [-0.2, 0) is 9.53 Å². The fraction of sp³-hybridized carbons (Fsp3) is 0.375. The number of nitrogens with zero attached hydrogens (tertiary/aromatic N) is 2. The molecule has 0 amide bonds. The number of esters is 1. The third-order valence-corrected chi connectivity index (χ3v) is 2.08. The smallest absolute Gasteiger partial charge is 0.316 e. The zero-order valence-electron chi connectivity index (χ0n) is 7.27. The first-order chi connectivity index (χ1) is 6.33. The Kier molecular flexibility index (Phi) is 4.25. The normalized spacial score (nSPS) is 9.62. The SMILES string of the molecule is CCOC(=O)CSc1cccnn1. The average Bonchev–Trinajstić information content (AvgIpc) is 2.17. The van der Waals surface area contributed by atoms with Gasteiger partial charge in [-0.15, -0.1) is 5.10 Å². The van der Waals surface area contributed by atoms with Gasteiger partial charge in [-0.2, -0.15) is 5.10 Å². The number of ether oxygens (including phenoxy) is 1. The third kappa shape index (κ3) is 3.89. The quantitative estimate of drug-likeness (QED) is 0.536. The van der Waals surface area contributed by atoms with E-state index < -0.39 is 0 Å². The Hall–Kier alpha value is -1.10. The van der Waals surface area contributed by atoms with Crippen LogP contribution in [-0.4, -0.2) is 28.5 Å². The fourth-order valence-corrected chi connectivity index (χ4v) is 1.33. The van der Waals surface area contributed by atoms with Crippen molar-refractivity contribution in [2.75, 3.05) is 12.4 Å². The molecular weight excluding hydrogens is 188 g/mol. The molecule has 0 unspecified atom stereocenters. The van der Waals surface area contributed by atoms with Gasteiger partial charge in [0.05, 0.1) is 12.4 Å². The molecule has 1 rings (SSSR count). The Morgan fingerprint density at radius 2 is 2.54 bits per heavy atom. The van der Waals surface area contributed by atoms with Gasteiger partial charge in [0.15, 0.2) is 0 Å². The van der Waals surface area contributed by atoms with Crippen molar-refractivity contribution in [1.82, 2.24) is 10.2 Å². The van der Waals surface area contributed by atoms with Gasteiger partial charge in [0.2, 0.25) is 0 Å². The summed E-state index contributed by atoms with van der Waals surface area (Å²) < 4.78 is 4.76. The summed E-state index contributed by atoms with van der Waals surface area (Å²) in [4.78, 5) is 10.9. The first-order valence-corrected chi connectivity index (χ1v) is 4.87. The van der Waals surface area contributed by atoms with E-state index in [0.717, 1.165) is 5.03 Å². The molecule has 1 aromatic heterocycles. The molecule has 0 radical (unpaired) electrons. The maximum absolute atomic E-state index is 10.9. The first-order valence-electron chi connectivity index (χ1n) is 3.89. The first kappa shape index (κ1) is 9.98. The van der Waals surface area contributed by atoms with Crippen molar-refractivity contribution in [3.63, 3.8) is 0 Å². The lowest BCUT2D eigenvalue weighted by molar-refractivity contribution is -0.139. The lowest BCUT2D eigenvalue weighted by Crippen LogP contribution is -2.06. The van der Waals surface area contributed by atoms with Crippen molar-refractivity contribution in [2.45, 2.75) is 11.9 Å². The van der Waals surface area contributed by atoms with Crippen LogP contribution >= 0.6 is 11.8 Å². The van der Waals surface area contributed by atoms with Gasteiger partial charge < -0.3 is 4.74 Å². The zero-order valence-corrected chi connectivity index (χ0v) is 8.08. The van der Waals surface area contributed by atoms with Gasteiger partial charge in [-0.1, -0.05) is 11.8 Å². The van der Waals surface area contributed by atoms with E-state index in [1.165, 1.54) is 11.8 Å². The second-order valence-electron chi connectivity index (χ2n) is 2.16. The molecule has 13 heavy (non-hydrogen) atoms. The molecule has 0 aliphatic carbocycles. The molecule has 0 fully saturated rings. The molecule has 0 saturated carbocycles. The predicted octanol–water partition coefficient (Wildman–Crippen LogP) is 1.13. The molecule has 4 nitrogen and oxygen atoms in total. The van der Waals surface area contributed by atoms with Gasteiger partial charge in [0.25, 0.3) is 0 Å². The molecule has 0 aromatic carbocycles. The van der Waals surface area contributed by atoms with Crippen molar-refractivity contribution in [3.8, 4) is 0 Å². The highest BCUT2D eigenvalue weighted by Crippen LogP contribution is 2.12. The fourth-order valence-electron chi connectivity index (χ4n) is 0.700. The van der Waals surface area contributed by atoms with E-state index >= 15 is 0 Å². The molecule has 5 heteroatoms. The summed E-state index contributed by atoms with van der Waals surface area (Å²) >= 11 is 1.32. The van der Waals surface area contributed by atoms with Crippen LogP contribution in [0.5, 0.6) is 0 Å². The Morgan fingerprint density at radius 1 is 1.69 bits per heavy atom. The molecule has 0 bridgehead atoms. The van der Waals surface area contributed by atoms with Gasteiger partial charge in [-0.25, -0.2) is 0 Å². The lowest BCUT2D eigenvalue weighted by atomic mass is 10.6. The minimum atomic E-state index is -0.224. The molecule has 1 heterocycles. The monoisotopic (exact) mass is 198 g/mol. The van der Waals surface area contributed by atoms with E-state index in [9.17, 15) is 4.79 Å².